The number of hydrogen-bond acceptors (Lipinski definition) is 3. The lowest BCUT2D eigenvalue weighted by atomic mass is 9.81. The van der Waals surface area contributed by atoms with Crippen LogP contribution in [0.2, 0.25) is 0 Å². The minimum Gasteiger partial charge on any atom is -0.274 e. The molecule has 1 aromatic heterocycles. The van der Waals surface area contributed by atoms with E-state index >= 15 is 0 Å². The summed E-state index contributed by atoms with van der Waals surface area (Å²) in [5.41, 5.74) is 0.591. The molecule has 6 atom stereocenters. The Morgan fingerprint density at radius 3 is 2.20 bits per heavy atom. The van der Waals surface area contributed by atoms with Gasteiger partial charge in [-0.15, -0.1) is 0 Å². The third-order valence-electron chi connectivity index (χ3n) is 4.89. The van der Waals surface area contributed by atoms with E-state index in [1.165, 1.54) is 4.90 Å². The fourth-order valence-electron chi connectivity index (χ4n) is 4.09. The van der Waals surface area contributed by atoms with Crippen molar-refractivity contribution in [3.05, 3.63) is 24.5 Å². The molecule has 0 spiro atoms. The van der Waals surface area contributed by atoms with Crippen molar-refractivity contribution in [2.24, 2.45) is 23.7 Å². The molecule has 2 amide bonds. The van der Waals surface area contributed by atoms with Crippen LogP contribution in [-0.4, -0.2) is 26.5 Å². The molecule has 0 radical (unpaired) electrons. The summed E-state index contributed by atoms with van der Waals surface area (Å²) in [5.74, 6) is 0.0884. The summed E-state index contributed by atoms with van der Waals surface area (Å²) in [6.45, 7) is 0. The van der Waals surface area contributed by atoms with Gasteiger partial charge >= 0.3 is 0 Å². The first-order valence-electron chi connectivity index (χ1n) is 6.67. The van der Waals surface area contributed by atoms with Gasteiger partial charge < -0.3 is 0 Å². The quantitative estimate of drug-likeness (QED) is 0.538. The number of carbonyl (C=O) groups excluding carboxylic acids is 2. The maximum Gasteiger partial charge on any atom is 0.238 e. The van der Waals surface area contributed by atoms with Crippen molar-refractivity contribution in [3.63, 3.8) is 0 Å². The van der Waals surface area contributed by atoms with Crippen molar-refractivity contribution in [2.75, 3.05) is 4.90 Å². The van der Waals surface area contributed by atoms with Crippen LogP contribution < -0.4 is 4.90 Å². The lowest BCUT2D eigenvalue weighted by molar-refractivity contribution is -0.123. The maximum absolute atomic E-state index is 12.7. The smallest absolute Gasteiger partial charge is 0.238 e. The van der Waals surface area contributed by atoms with E-state index in [2.05, 4.69) is 36.8 Å². The van der Waals surface area contributed by atoms with E-state index in [1.54, 1.807) is 24.5 Å². The molecular formula is C14H12Br2N2O2. The number of hydrogen-bond donors (Lipinski definition) is 0. The maximum atomic E-state index is 12.7. The summed E-state index contributed by atoms with van der Waals surface area (Å²) in [4.78, 5) is 31.3. The van der Waals surface area contributed by atoms with Gasteiger partial charge in [0, 0.05) is 15.9 Å². The fourth-order valence-corrected chi connectivity index (χ4v) is 5.96. The van der Waals surface area contributed by atoms with E-state index in [-0.39, 0.29) is 45.1 Å². The summed E-state index contributed by atoms with van der Waals surface area (Å²) in [7, 11) is 0. The van der Waals surface area contributed by atoms with Crippen molar-refractivity contribution < 1.29 is 9.59 Å². The summed E-state index contributed by atoms with van der Waals surface area (Å²) >= 11 is 7.36. The molecule has 0 aromatic carbocycles. The predicted octanol–water partition coefficient (Wildman–Crippen LogP) is 2.36. The van der Waals surface area contributed by atoms with Crippen LogP contribution in [0.1, 0.15) is 6.42 Å². The van der Waals surface area contributed by atoms with Crippen molar-refractivity contribution in [1.29, 1.82) is 0 Å². The molecule has 0 N–H and O–H groups in total. The van der Waals surface area contributed by atoms with Gasteiger partial charge in [0.15, 0.2) is 0 Å². The molecule has 104 valence electrons. The molecule has 3 fully saturated rings. The first kappa shape index (κ1) is 13.0. The number of rotatable bonds is 1. The second kappa shape index (κ2) is 4.37. The average Bonchev–Trinajstić information content (AvgIpc) is 3.05. The Hall–Kier alpha value is -0.750. The Morgan fingerprint density at radius 1 is 1.10 bits per heavy atom. The highest BCUT2D eigenvalue weighted by Gasteiger charge is 2.66. The van der Waals surface area contributed by atoms with E-state index in [0.717, 1.165) is 6.42 Å². The molecule has 2 heterocycles. The molecule has 6 heteroatoms. The van der Waals surface area contributed by atoms with Gasteiger partial charge in [0.25, 0.3) is 0 Å². The molecule has 1 aromatic rings. The number of nitrogens with zero attached hydrogens (tertiary/aromatic N) is 2. The van der Waals surface area contributed by atoms with Gasteiger partial charge in [-0.2, -0.15) is 0 Å². The van der Waals surface area contributed by atoms with Gasteiger partial charge in [-0.3, -0.25) is 14.6 Å². The van der Waals surface area contributed by atoms with Crippen molar-refractivity contribution >= 4 is 49.4 Å². The van der Waals surface area contributed by atoms with Crippen molar-refractivity contribution in [1.82, 2.24) is 4.98 Å². The van der Waals surface area contributed by atoms with Crippen molar-refractivity contribution in [2.45, 2.75) is 16.1 Å². The number of alkyl halides is 2. The van der Waals surface area contributed by atoms with E-state index in [0.29, 0.717) is 5.69 Å². The second-order valence-corrected chi connectivity index (χ2v) is 7.84. The zero-order chi connectivity index (χ0) is 14.0. The van der Waals surface area contributed by atoms with Crippen LogP contribution in [-0.2, 0) is 9.59 Å². The molecule has 4 rings (SSSR count). The van der Waals surface area contributed by atoms with E-state index in [1.807, 2.05) is 0 Å². The lowest BCUT2D eigenvalue weighted by Gasteiger charge is -2.28. The molecule has 2 saturated carbocycles. The number of aromatic nitrogens is 1. The van der Waals surface area contributed by atoms with E-state index in [9.17, 15) is 9.59 Å². The molecule has 1 saturated heterocycles. The first-order chi connectivity index (χ1) is 9.61. The van der Waals surface area contributed by atoms with E-state index < -0.39 is 0 Å². The number of imide groups is 1. The normalized spacial score (nSPS) is 42.4. The zero-order valence-corrected chi connectivity index (χ0v) is 13.6. The standard InChI is InChI=1S/C14H12Br2N2O2/c15-11-7-4-8(12(11)16)10-9(7)13(19)18(14(10)20)6-2-1-3-17-5-6/h1-3,5,7-12H,4H2/t7-,8-,9-,10-,11+,12+/m1/s1. The molecule has 2 bridgehead atoms. The van der Waals surface area contributed by atoms with Gasteiger partial charge in [-0.1, -0.05) is 31.9 Å². The SMILES string of the molecule is O=C1[C@@H]2[C@H]3C[C@@H]([C@H](Br)[C@H]3Br)[C@H]2C(=O)N1c1cccnc1. The zero-order valence-electron chi connectivity index (χ0n) is 10.4. The number of fused-ring (bicyclic) bond motifs is 5. The number of halogens is 2. The lowest BCUT2D eigenvalue weighted by Crippen LogP contribution is -2.37. The molecule has 20 heavy (non-hydrogen) atoms. The van der Waals surface area contributed by atoms with Crippen LogP contribution in [0, 0.1) is 23.7 Å². The number of anilines is 1. The minimum atomic E-state index is -0.161. The second-order valence-electron chi connectivity index (χ2n) is 5.73. The topological polar surface area (TPSA) is 50.3 Å². The Morgan fingerprint density at radius 2 is 1.70 bits per heavy atom. The van der Waals surface area contributed by atoms with Gasteiger partial charge in [0.1, 0.15) is 0 Å². The Bertz CT molecular complexity index is 562. The van der Waals surface area contributed by atoms with Gasteiger partial charge in [0.2, 0.25) is 11.8 Å². The Labute approximate surface area is 133 Å². The van der Waals surface area contributed by atoms with Crippen LogP contribution in [0.15, 0.2) is 24.5 Å². The van der Waals surface area contributed by atoms with Crippen molar-refractivity contribution in [3.8, 4) is 0 Å². The molecule has 4 nitrogen and oxygen atoms in total. The molecule has 0 unspecified atom stereocenters. The largest absolute Gasteiger partial charge is 0.274 e. The minimum absolute atomic E-state index is 0.0515. The third kappa shape index (κ3) is 1.49. The summed E-state index contributed by atoms with van der Waals surface area (Å²) in [6, 6.07) is 3.52. The highest BCUT2D eigenvalue weighted by molar-refractivity contribution is 9.12. The highest BCUT2D eigenvalue weighted by atomic mass is 79.9. The molecule has 2 aliphatic carbocycles. The Balaban J connectivity index is 1.75. The monoisotopic (exact) mass is 398 g/mol. The fraction of sp³-hybridized carbons (Fsp3) is 0.500. The van der Waals surface area contributed by atoms with Crippen LogP contribution >= 0.6 is 31.9 Å². The van der Waals surface area contributed by atoms with Crippen LogP contribution in [0.5, 0.6) is 0 Å². The first-order valence-corrected chi connectivity index (χ1v) is 8.50. The number of carbonyl (C=O) groups is 2. The molecule has 1 aliphatic heterocycles. The summed E-state index contributed by atoms with van der Waals surface area (Å²) < 4.78 is 0. The summed E-state index contributed by atoms with van der Waals surface area (Å²) in [5, 5.41) is 0. The van der Waals surface area contributed by atoms with Gasteiger partial charge in [-0.25, -0.2) is 4.90 Å². The third-order valence-corrected chi connectivity index (χ3v) is 8.10. The average molecular weight is 400 g/mol. The Kier molecular flexibility index (Phi) is 2.83. The van der Waals surface area contributed by atoms with Crippen LogP contribution in [0.4, 0.5) is 5.69 Å². The van der Waals surface area contributed by atoms with Gasteiger partial charge in [-0.05, 0) is 30.4 Å². The number of pyridine rings is 1. The number of amides is 2. The molecular weight excluding hydrogens is 388 g/mol. The van der Waals surface area contributed by atoms with E-state index in [4.69, 9.17) is 0 Å². The van der Waals surface area contributed by atoms with Crippen LogP contribution in [0.25, 0.3) is 0 Å². The molecule has 3 aliphatic rings. The predicted molar refractivity (Wildman–Crippen MR) is 80.7 cm³/mol. The van der Waals surface area contributed by atoms with Crippen LogP contribution in [0.3, 0.4) is 0 Å². The van der Waals surface area contributed by atoms with Gasteiger partial charge in [0.05, 0.1) is 23.7 Å². The highest BCUT2D eigenvalue weighted by Crippen LogP contribution is 2.60. The summed E-state index contributed by atoms with van der Waals surface area (Å²) in [6.07, 6.45) is 4.18.